The summed E-state index contributed by atoms with van der Waals surface area (Å²) >= 11 is 0. The lowest BCUT2D eigenvalue weighted by molar-refractivity contribution is -0.144. The van der Waals surface area contributed by atoms with Crippen molar-refractivity contribution in [2.75, 3.05) is 13.6 Å². The number of hydrogen-bond donors (Lipinski definition) is 12. The molecule has 22 nitrogen and oxygen atoms in total. The molecule has 0 aliphatic rings. The number of aldehydes is 1. The highest BCUT2D eigenvalue weighted by atomic mass is 16.4. The van der Waals surface area contributed by atoms with Crippen molar-refractivity contribution in [3.63, 3.8) is 0 Å². The first kappa shape index (κ1) is 59.3. The van der Waals surface area contributed by atoms with Crippen LogP contribution in [-0.2, 0) is 49.6 Å². The predicted octanol–water partition coefficient (Wildman–Crippen LogP) is -1.46. The van der Waals surface area contributed by atoms with Crippen molar-refractivity contribution in [3.8, 4) is 5.75 Å². The Labute approximate surface area is 393 Å². The standard InChI is InChI=1S/C45H76N10O12/c1-23(2)18-31(50-40(62)30(14-16-36(59)60)49-39(61)29(47)12-10-11-17-46)42(64)54-38(48)44(66)53-37(25(5)6)45(67)55(9)34(19-24(3)4)43(65)51-32(41(63)52-33(22-56)27(8)57)21-28-13-15-35(58)26(7)20-28/h13,15,20,22-25,27,29-34,37-38,57-58H,10-12,14,16-19,21,46-48H2,1-9H3,(H,49,61)(H,50,62)(H,51,65)(H,52,63)(H,53,66)(H,54,64)(H,59,60)/t27?,29-,30-,31-,32-,33+,34-,37-,38+/m0/s1. The Kier molecular flexibility index (Phi) is 25.8. The minimum absolute atomic E-state index is 0.00917. The number of likely N-dealkylation sites (N-methyl/N-ethyl adjacent to an activating group) is 1. The summed E-state index contributed by atoms with van der Waals surface area (Å²) in [5.41, 5.74) is 18.7. The quantitative estimate of drug-likeness (QED) is 0.0238. The molecule has 378 valence electrons. The number of aromatic hydroxyl groups is 1. The smallest absolute Gasteiger partial charge is 0.303 e. The number of carbonyl (C=O) groups is 9. The van der Waals surface area contributed by atoms with Crippen LogP contribution in [0, 0.1) is 24.7 Å². The largest absolute Gasteiger partial charge is 0.508 e. The van der Waals surface area contributed by atoms with Crippen LogP contribution in [0.25, 0.3) is 0 Å². The van der Waals surface area contributed by atoms with E-state index in [4.69, 9.17) is 17.2 Å². The third kappa shape index (κ3) is 20.8. The zero-order valence-electron chi connectivity index (χ0n) is 40.3. The van der Waals surface area contributed by atoms with Crippen molar-refractivity contribution in [1.29, 1.82) is 0 Å². The summed E-state index contributed by atoms with van der Waals surface area (Å²) in [5, 5.41) is 44.4. The Morgan fingerprint density at radius 2 is 1.28 bits per heavy atom. The van der Waals surface area contributed by atoms with Gasteiger partial charge in [-0.05, 0) is 87.4 Å². The van der Waals surface area contributed by atoms with Crippen molar-refractivity contribution in [2.45, 2.75) is 161 Å². The highest BCUT2D eigenvalue weighted by Gasteiger charge is 2.37. The molecule has 1 aromatic rings. The number of aryl methyl sites for hydroxylation is 1. The molecule has 0 spiro atoms. The summed E-state index contributed by atoms with van der Waals surface area (Å²) in [6.45, 7) is 13.8. The van der Waals surface area contributed by atoms with Crippen LogP contribution in [0.1, 0.15) is 105 Å². The van der Waals surface area contributed by atoms with Gasteiger partial charge in [-0.15, -0.1) is 0 Å². The zero-order chi connectivity index (χ0) is 51.3. The monoisotopic (exact) mass is 949 g/mol. The molecule has 1 aromatic carbocycles. The summed E-state index contributed by atoms with van der Waals surface area (Å²) in [6, 6.07) is -4.20. The Morgan fingerprint density at radius 3 is 1.81 bits per heavy atom. The average Bonchev–Trinajstić information content (AvgIpc) is 3.24. The molecule has 0 radical (unpaired) electrons. The molecule has 1 unspecified atom stereocenters. The maximum absolute atomic E-state index is 14.2. The van der Waals surface area contributed by atoms with Crippen molar-refractivity contribution >= 4 is 53.6 Å². The second-order valence-corrected chi connectivity index (χ2v) is 18.2. The molecule has 0 saturated heterocycles. The number of phenols is 1. The van der Waals surface area contributed by atoms with E-state index in [-0.39, 0.29) is 49.7 Å². The van der Waals surface area contributed by atoms with E-state index in [1.807, 2.05) is 13.8 Å². The first-order valence-corrected chi connectivity index (χ1v) is 22.7. The highest BCUT2D eigenvalue weighted by molar-refractivity contribution is 5.97. The Hall–Kier alpha value is -5.71. The van der Waals surface area contributed by atoms with E-state index in [0.717, 1.165) is 4.90 Å². The topological polar surface area (TPSA) is 368 Å². The third-order valence-electron chi connectivity index (χ3n) is 10.9. The molecule has 0 bridgehead atoms. The second kappa shape index (κ2) is 29.1. The number of benzene rings is 1. The number of aliphatic hydroxyl groups is 1. The van der Waals surface area contributed by atoms with E-state index in [9.17, 15) is 58.5 Å². The number of hydrogen-bond acceptors (Lipinski definition) is 14. The van der Waals surface area contributed by atoms with Crippen LogP contribution in [0.4, 0.5) is 0 Å². The van der Waals surface area contributed by atoms with Gasteiger partial charge in [0.1, 0.15) is 48.3 Å². The minimum atomic E-state index is -1.76. The van der Waals surface area contributed by atoms with E-state index in [2.05, 4.69) is 31.9 Å². The molecule has 0 fully saturated rings. The molecule has 1 rings (SSSR count). The SMILES string of the molecule is Cc1cc(C[C@H](NC(=O)[C@H](CC(C)C)N(C)C(=O)[C@@H](NC(=O)[C@H](N)NC(=O)[C@H](CC(C)C)NC(=O)[C@H](CCC(=O)O)NC(=O)[C@@H](N)CCCCN)C(C)C)C(=O)N[C@H](C=O)C(C)O)ccc1O. The molecule has 0 heterocycles. The van der Waals surface area contributed by atoms with Gasteiger partial charge < -0.3 is 74.1 Å². The summed E-state index contributed by atoms with van der Waals surface area (Å²) < 4.78 is 0. The van der Waals surface area contributed by atoms with Gasteiger partial charge in [-0.25, -0.2) is 0 Å². The molecule has 22 heteroatoms. The van der Waals surface area contributed by atoms with E-state index in [1.54, 1.807) is 46.8 Å². The fourth-order valence-corrected chi connectivity index (χ4v) is 6.86. The fourth-order valence-electron chi connectivity index (χ4n) is 6.86. The van der Waals surface area contributed by atoms with E-state index in [0.29, 0.717) is 36.8 Å². The van der Waals surface area contributed by atoms with Gasteiger partial charge in [-0.1, -0.05) is 60.1 Å². The lowest BCUT2D eigenvalue weighted by Gasteiger charge is -2.34. The fraction of sp³-hybridized carbons (Fsp3) is 0.667. The number of carboxylic acid groups (broad SMARTS) is 1. The van der Waals surface area contributed by atoms with E-state index < -0.39 is 114 Å². The minimum Gasteiger partial charge on any atom is -0.508 e. The van der Waals surface area contributed by atoms with E-state index in [1.165, 1.54) is 20.0 Å². The average molecular weight is 949 g/mol. The lowest BCUT2D eigenvalue weighted by Crippen LogP contribution is -2.63. The third-order valence-corrected chi connectivity index (χ3v) is 10.9. The maximum atomic E-state index is 14.2. The molecule has 0 aliphatic carbocycles. The number of aliphatic hydroxyl groups excluding tert-OH is 1. The number of unbranched alkanes of at least 4 members (excludes halogenated alkanes) is 1. The summed E-state index contributed by atoms with van der Waals surface area (Å²) in [6.07, 6.45) is -2.00. The normalized spacial score (nSPS) is 15.4. The molecule has 0 aromatic heterocycles. The maximum Gasteiger partial charge on any atom is 0.303 e. The van der Waals surface area contributed by atoms with Crippen LogP contribution >= 0.6 is 0 Å². The van der Waals surface area contributed by atoms with Gasteiger partial charge in [-0.3, -0.25) is 38.4 Å². The highest BCUT2D eigenvalue weighted by Crippen LogP contribution is 2.20. The van der Waals surface area contributed by atoms with Gasteiger partial charge in [-0.2, -0.15) is 0 Å². The van der Waals surface area contributed by atoms with Crippen LogP contribution in [0.15, 0.2) is 18.2 Å². The summed E-state index contributed by atoms with van der Waals surface area (Å²) in [4.78, 5) is 120. The van der Waals surface area contributed by atoms with Crippen LogP contribution in [-0.4, -0.2) is 142 Å². The molecule has 67 heavy (non-hydrogen) atoms. The van der Waals surface area contributed by atoms with Crippen molar-refractivity contribution in [1.82, 2.24) is 36.8 Å². The van der Waals surface area contributed by atoms with Crippen LogP contribution < -0.4 is 49.1 Å². The van der Waals surface area contributed by atoms with Gasteiger partial charge in [0, 0.05) is 19.9 Å². The number of nitrogens with zero attached hydrogens (tertiary/aromatic N) is 1. The van der Waals surface area contributed by atoms with Crippen molar-refractivity contribution in [2.24, 2.45) is 35.0 Å². The number of nitrogens with two attached hydrogens (primary N) is 3. The Balaban J connectivity index is 3.33. The van der Waals surface area contributed by atoms with Gasteiger partial charge in [0.25, 0.3) is 5.91 Å². The second-order valence-electron chi connectivity index (χ2n) is 18.2. The van der Waals surface area contributed by atoms with Crippen LogP contribution in [0.5, 0.6) is 5.75 Å². The lowest BCUT2D eigenvalue weighted by atomic mass is 9.97. The molecule has 0 saturated carbocycles. The number of rotatable bonds is 30. The number of carboxylic acids is 1. The van der Waals surface area contributed by atoms with Gasteiger partial charge in [0.05, 0.1) is 12.1 Å². The summed E-state index contributed by atoms with van der Waals surface area (Å²) in [7, 11) is 1.35. The zero-order valence-corrected chi connectivity index (χ0v) is 40.3. The molecular weight excluding hydrogens is 873 g/mol. The van der Waals surface area contributed by atoms with E-state index >= 15 is 0 Å². The number of amides is 7. The first-order valence-electron chi connectivity index (χ1n) is 22.7. The molecule has 15 N–H and O–H groups in total. The summed E-state index contributed by atoms with van der Waals surface area (Å²) in [5.74, 6) is -7.90. The number of nitrogens with one attached hydrogen (secondary N) is 6. The number of phenolic OH excluding ortho intramolecular Hbond substituents is 1. The van der Waals surface area contributed by atoms with Gasteiger partial charge in [0.15, 0.2) is 6.17 Å². The molecule has 7 amide bonds. The Morgan fingerprint density at radius 1 is 0.716 bits per heavy atom. The predicted molar refractivity (Wildman–Crippen MR) is 248 cm³/mol. The van der Waals surface area contributed by atoms with Crippen LogP contribution in [0.3, 0.4) is 0 Å². The van der Waals surface area contributed by atoms with Crippen LogP contribution in [0.2, 0.25) is 0 Å². The van der Waals surface area contributed by atoms with Gasteiger partial charge in [0.2, 0.25) is 35.4 Å². The molecule has 0 aliphatic heterocycles. The first-order chi connectivity index (χ1) is 31.2. The van der Waals surface area contributed by atoms with Crippen molar-refractivity contribution in [3.05, 3.63) is 29.3 Å². The Bertz CT molecular complexity index is 1840. The van der Waals surface area contributed by atoms with Crippen molar-refractivity contribution < 1.29 is 58.5 Å². The van der Waals surface area contributed by atoms with Gasteiger partial charge >= 0.3 is 5.97 Å². The number of carbonyl (C=O) groups excluding carboxylic acids is 8. The molecular formula is C45H76N10O12. The molecule has 9 atom stereocenters. The number of aliphatic carboxylic acids is 1.